The number of H-pyrrole nitrogens is 1. The Labute approximate surface area is 141 Å². The summed E-state index contributed by atoms with van der Waals surface area (Å²) in [6.45, 7) is 5.21. The SMILES string of the molecule is C=C1N=CN(C)Cc2cc(-c3cccc(CN)c3)[nH]c2NC1=NC. The van der Waals surface area contributed by atoms with Crippen molar-refractivity contribution in [2.45, 2.75) is 13.1 Å². The molecule has 1 aromatic carbocycles. The van der Waals surface area contributed by atoms with E-state index in [1.165, 1.54) is 0 Å². The van der Waals surface area contributed by atoms with Crippen molar-refractivity contribution in [3.63, 3.8) is 0 Å². The van der Waals surface area contributed by atoms with Gasteiger partial charge in [-0.1, -0.05) is 24.8 Å². The van der Waals surface area contributed by atoms with Crippen molar-refractivity contribution >= 4 is 18.0 Å². The summed E-state index contributed by atoms with van der Waals surface area (Å²) in [6, 6.07) is 10.4. The van der Waals surface area contributed by atoms with Gasteiger partial charge in [0, 0.05) is 38.4 Å². The van der Waals surface area contributed by atoms with Gasteiger partial charge in [-0.05, 0) is 23.3 Å². The first kappa shape index (κ1) is 16.0. The molecule has 0 bridgehead atoms. The van der Waals surface area contributed by atoms with Crippen molar-refractivity contribution in [3.8, 4) is 11.3 Å². The minimum Gasteiger partial charge on any atom is -0.361 e. The van der Waals surface area contributed by atoms with Crippen LogP contribution >= 0.6 is 0 Å². The smallest absolute Gasteiger partial charge is 0.152 e. The molecule has 2 aromatic rings. The van der Waals surface area contributed by atoms with Crippen LogP contribution in [0, 0.1) is 0 Å². The average Bonchev–Trinajstić information content (AvgIpc) is 3.00. The van der Waals surface area contributed by atoms with Crippen molar-refractivity contribution < 1.29 is 0 Å². The zero-order valence-electron chi connectivity index (χ0n) is 14.0. The van der Waals surface area contributed by atoms with Gasteiger partial charge in [-0.3, -0.25) is 4.99 Å². The van der Waals surface area contributed by atoms with Gasteiger partial charge in [-0.15, -0.1) is 0 Å². The van der Waals surface area contributed by atoms with Gasteiger partial charge in [0.1, 0.15) is 5.82 Å². The number of nitrogens with two attached hydrogens (primary N) is 1. The Morgan fingerprint density at radius 3 is 2.96 bits per heavy atom. The molecule has 0 radical (unpaired) electrons. The fourth-order valence-electron chi connectivity index (χ4n) is 2.67. The molecule has 0 unspecified atom stereocenters. The van der Waals surface area contributed by atoms with Crippen LogP contribution in [-0.2, 0) is 13.1 Å². The number of amidine groups is 1. The van der Waals surface area contributed by atoms with E-state index in [9.17, 15) is 0 Å². The molecule has 24 heavy (non-hydrogen) atoms. The van der Waals surface area contributed by atoms with E-state index in [4.69, 9.17) is 5.73 Å². The molecule has 0 atom stereocenters. The number of rotatable bonds is 2. The molecule has 2 heterocycles. The third kappa shape index (κ3) is 3.23. The molecule has 0 saturated heterocycles. The Hall–Kier alpha value is -2.86. The number of nitrogens with zero attached hydrogens (tertiary/aromatic N) is 3. The van der Waals surface area contributed by atoms with Crippen molar-refractivity contribution in [2.24, 2.45) is 15.7 Å². The maximum atomic E-state index is 5.75. The lowest BCUT2D eigenvalue weighted by Gasteiger charge is -2.11. The molecule has 0 aliphatic carbocycles. The molecule has 1 aliphatic rings. The number of nitrogens with one attached hydrogen (secondary N) is 2. The Balaban J connectivity index is 2.03. The largest absolute Gasteiger partial charge is 0.361 e. The number of aromatic amines is 1. The number of aliphatic imine (C=N–C) groups is 2. The summed E-state index contributed by atoms with van der Waals surface area (Å²) >= 11 is 0. The van der Waals surface area contributed by atoms with Crippen LogP contribution in [0.3, 0.4) is 0 Å². The van der Waals surface area contributed by atoms with Crippen LogP contribution in [0.2, 0.25) is 0 Å². The third-order valence-corrected chi connectivity index (χ3v) is 3.94. The Morgan fingerprint density at radius 2 is 2.21 bits per heavy atom. The minimum absolute atomic E-state index is 0.526. The minimum atomic E-state index is 0.526. The number of hydrogen-bond donors (Lipinski definition) is 3. The number of fused-ring (bicyclic) bond motifs is 1. The van der Waals surface area contributed by atoms with Crippen LogP contribution in [0.5, 0.6) is 0 Å². The summed E-state index contributed by atoms with van der Waals surface area (Å²) in [7, 11) is 3.70. The van der Waals surface area contributed by atoms with Crippen LogP contribution in [-0.4, -0.2) is 36.2 Å². The van der Waals surface area contributed by atoms with Crippen LogP contribution in [0.1, 0.15) is 11.1 Å². The first-order valence-corrected chi connectivity index (χ1v) is 7.79. The molecule has 3 rings (SSSR count). The second-order valence-electron chi connectivity index (χ2n) is 5.79. The maximum Gasteiger partial charge on any atom is 0.152 e. The lowest BCUT2D eigenvalue weighted by molar-refractivity contribution is 0.517. The predicted octanol–water partition coefficient (Wildman–Crippen LogP) is 2.57. The summed E-state index contributed by atoms with van der Waals surface area (Å²) in [5.74, 6) is 1.55. The zero-order chi connectivity index (χ0) is 17.1. The molecule has 124 valence electrons. The highest BCUT2D eigenvalue weighted by atomic mass is 15.2. The second-order valence-corrected chi connectivity index (χ2v) is 5.79. The van der Waals surface area contributed by atoms with E-state index in [-0.39, 0.29) is 0 Å². The van der Waals surface area contributed by atoms with Gasteiger partial charge in [0.2, 0.25) is 0 Å². The van der Waals surface area contributed by atoms with Gasteiger partial charge in [0.25, 0.3) is 0 Å². The Bertz CT molecular complexity index is 815. The molecule has 0 saturated carbocycles. The number of hydrogen-bond acceptors (Lipinski definition) is 4. The van der Waals surface area contributed by atoms with Crippen LogP contribution in [0.25, 0.3) is 11.3 Å². The van der Waals surface area contributed by atoms with E-state index < -0.39 is 0 Å². The lowest BCUT2D eigenvalue weighted by Crippen LogP contribution is -2.15. The quantitative estimate of drug-likeness (QED) is 0.795. The zero-order valence-corrected chi connectivity index (χ0v) is 14.0. The van der Waals surface area contributed by atoms with Gasteiger partial charge < -0.3 is 20.9 Å². The van der Waals surface area contributed by atoms with E-state index >= 15 is 0 Å². The first-order chi connectivity index (χ1) is 11.6. The molecule has 1 aromatic heterocycles. The monoisotopic (exact) mass is 322 g/mol. The van der Waals surface area contributed by atoms with E-state index in [0.717, 1.165) is 34.7 Å². The maximum absolute atomic E-state index is 5.75. The Kier molecular flexibility index (Phi) is 4.48. The van der Waals surface area contributed by atoms with Crippen LogP contribution in [0.15, 0.2) is 52.6 Å². The average molecular weight is 322 g/mol. The summed E-state index contributed by atoms with van der Waals surface area (Å²) in [4.78, 5) is 14.0. The van der Waals surface area contributed by atoms with Crippen molar-refractivity contribution in [1.82, 2.24) is 9.88 Å². The molecule has 1 aliphatic heterocycles. The van der Waals surface area contributed by atoms with Gasteiger partial charge in [0.15, 0.2) is 5.84 Å². The molecular formula is C18H22N6. The van der Waals surface area contributed by atoms with Gasteiger partial charge in [-0.25, -0.2) is 4.99 Å². The summed E-state index contributed by atoms with van der Waals surface area (Å²) in [5.41, 5.74) is 10.7. The number of aromatic nitrogens is 1. The van der Waals surface area contributed by atoms with Crippen molar-refractivity contribution in [1.29, 1.82) is 0 Å². The highest BCUT2D eigenvalue weighted by molar-refractivity contribution is 6.08. The molecule has 4 N–H and O–H groups in total. The molecular weight excluding hydrogens is 300 g/mol. The summed E-state index contributed by atoms with van der Waals surface area (Å²) < 4.78 is 0. The normalized spacial score (nSPS) is 16.4. The van der Waals surface area contributed by atoms with E-state index in [1.54, 1.807) is 13.4 Å². The number of anilines is 1. The van der Waals surface area contributed by atoms with Crippen LogP contribution in [0.4, 0.5) is 5.82 Å². The highest BCUT2D eigenvalue weighted by Gasteiger charge is 2.15. The van der Waals surface area contributed by atoms with Gasteiger partial charge in [0.05, 0.1) is 12.0 Å². The number of benzene rings is 1. The topological polar surface area (TPSA) is 81.8 Å². The molecule has 0 fully saturated rings. The molecule has 0 amide bonds. The third-order valence-electron chi connectivity index (χ3n) is 3.94. The Morgan fingerprint density at radius 1 is 1.38 bits per heavy atom. The highest BCUT2D eigenvalue weighted by Crippen LogP contribution is 2.27. The second kappa shape index (κ2) is 6.72. The van der Waals surface area contributed by atoms with E-state index in [2.05, 4.69) is 45.1 Å². The van der Waals surface area contributed by atoms with E-state index in [1.807, 2.05) is 24.1 Å². The summed E-state index contributed by atoms with van der Waals surface area (Å²) in [6.07, 6.45) is 1.77. The first-order valence-electron chi connectivity index (χ1n) is 7.79. The molecule has 0 spiro atoms. The fourth-order valence-corrected chi connectivity index (χ4v) is 2.67. The standard InChI is InChI=1S/C18H22N6/c1-12-17(20-2)23-18-15(10-24(3)11-21-12)8-16(22-18)14-6-4-5-13(7-14)9-19/h4-8,11,22H,1,9-10,19H2,2-3H3,(H,20,23). The fraction of sp³-hybridized carbons (Fsp3) is 0.222. The molecule has 6 heteroatoms. The van der Waals surface area contributed by atoms with Gasteiger partial charge >= 0.3 is 0 Å². The van der Waals surface area contributed by atoms with Crippen LogP contribution < -0.4 is 11.1 Å². The summed E-state index contributed by atoms with van der Waals surface area (Å²) in [5, 5.41) is 3.31. The predicted molar refractivity (Wildman–Crippen MR) is 100 cm³/mol. The van der Waals surface area contributed by atoms with E-state index in [0.29, 0.717) is 18.1 Å². The molecule has 6 nitrogen and oxygen atoms in total. The van der Waals surface area contributed by atoms with Crippen molar-refractivity contribution in [3.05, 3.63) is 53.7 Å². The van der Waals surface area contributed by atoms with Crippen molar-refractivity contribution in [2.75, 3.05) is 19.4 Å². The van der Waals surface area contributed by atoms with Gasteiger partial charge in [-0.2, -0.15) is 0 Å². The lowest BCUT2D eigenvalue weighted by atomic mass is 10.1.